The van der Waals surface area contributed by atoms with Crippen LogP contribution in [0.2, 0.25) is 0 Å². The molecule has 0 heterocycles. The number of rotatable bonds is 51. The molecular weight excluding hydrogens is 839 g/mol. The summed E-state index contributed by atoms with van der Waals surface area (Å²) in [6.45, 7) is 4.63. The minimum Gasteiger partial charge on any atom is -0.545 e. The molecule has 0 aromatic rings. The van der Waals surface area contributed by atoms with Crippen LogP contribution in [0.3, 0.4) is 0 Å². The SMILES string of the molecule is CC/C=C\C/C=C\C/C=C\C/C=C\CCCCCCC(=O)OC(COC(=O)CCCCCCCCCCCCCCCCCCCCCCCCCCC)COC(OCC[N+](C)(C)C)C(=O)[O-]. The Balaban J connectivity index is 4.24. The maximum absolute atomic E-state index is 12.8. The highest BCUT2D eigenvalue weighted by Gasteiger charge is 2.22. The number of esters is 2. The second kappa shape index (κ2) is 49.7. The van der Waals surface area contributed by atoms with E-state index < -0.39 is 24.3 Å². The number of ether oxygens (including phenoxy) is 4. The predicted octanol–water partition coefficient (Wildman–Crippen LogP) is 14.6. The van der Waals surface area contributed by atoms with Gasteiger partial charge < -0.3 is 33.3 Å². The van der Waals surface area contributed by atoms with Crippen molar-refractivity contribution in [1.29, 1.82) is 0 Å². The lowest BCUT2D eigenvalue weighted by Gasteiger charge is -2.26. The van der Waals surface area contributed by atoms with Crippen LogP contribution >= 0.6 is 0 Å². The largest absolute Gasteiger partial charge is 0.545 e. The molecule has 0 N–H and O–H groups in total. The van der Waals surface area contributed by atoms with Crippen LogP contribution in [0.15, 0.2) is 48.6 Å². The van der Waals surface area contributed by atoms with Gasteiger partial charge in [0.1, 0.15) is 13.2 Å². The van der Waals surface area contributed by atoms with Crippen LogP contribution in [0.25, 0.3) is 0 Å². The molecule has 0 fully saturated rings. The molecule has 2 atom stereocenters. The fourth-order valence-electron chi connectivity index (χ4n) is 7.82. The molecule has 390 valence electrons. The summed E-state index contributed by atoms with van der Waals surface area (Å²) in [4.78, 5) is 37.2. The summed E-state index contributed by atoms with van der Waals surface area (Å²) in [5, 5.41) is 11.7. The van der Waals surface area contributed by atoms with Crippen molar-refractivity contribution in [2.75, 3.05) is 47.5 Å². The van der Waals surface area contributed by atoms with E-state index in [9.17, 15) is 19.5 Å². The van der Waals surface area contributed by atoms with E-state index in [-0.39, 0.29) is 38.6 Å². The minimum absolute atomic E-state index is 0.142. The van der Waals surface area contributed by atoms with Crippen molar-refractivity contribution >= 4 is 17.9 Å². The zero-order valence-corrected chi connectivity index (χ0v) is 44.3. The van der Waals surface area contributed by atoms with Gasteiger partial charge in [0.2, 0.25) is 0 Å². The molecule has 9 heteroatoms. The summed E-state index contributed by atoms with van der Waals surface area (Å²) in [6.07, 6.45) is 57.3. The first-order valence-electron chi connectivity index (χ1n) is 27.8. The quantitative estimate of drug-likeness (QED) is 0.0195. The Hall–Kier alpha value is -2.75. The average Bonchev–Trinajstić information content (AvgIpc) is 3.29. The summed E-state index contributed by atoms with van der Waals surface area (Å²) in [5.41, 5.74) is 0. The van der Waals surface area contributed by atoms with Crippen LogP contribution in [0, 0.1) is 0 Å². The molecule has 0 aromatic carbocycles. The molecule has 0 radical (unpaired) electrons. The molecule has 67 heavy (non-hydrogen) atoms. The third-order valence-electron chi connectivity index (χ3n) is 12.1. The van der Waals surface area contributed by atoms with E-state index in [0.29, 0.717) is 17.4 Å². The van der Waals surface area contributed by atoms with Gasteiger partial charge in [0.05, 0.1) is 40.3 Å². The Morgan fingerprint density at radius 2 is 0.851 bits per heavy atom. The molecular formula is C58H105NO8. The molecule has 0 aliphatic rings. The number of nitrogens with zero attached hydrogens (tertiary/aromatic N) is 1. The van der Waals surface area contributed by atoms with Crippen molar-refractivity contribution in [1.82, 2.24) is 0 Å². The van der Waals surface area contributed by atoms with Gasteiger partial charge in [0, 0.05) is 12.8 Å². The van der Waals surface area contributed by atoms with Gasteiger partial charge >= 0.3 is 11.9 Å². The predicted molar refractivity (Wildman–Crippen MR) is 279 cm³/mol. The van der Waals surface area contributed by atoms with Crippen LogP contribution in [0.4, 0.5) is 0 Å². The van der Waals surface area contributed by atoms with Crippen molar-refractivity contribution in [3.63, 3.8) is 0 Å². The van der Waals surface area contributed by atoms with Crippen molar-refractivity contribution in [2.45, 2.75) is 257 Å². The molecule has 0 aliphatic carbocycles. The Morgan fingerprint density at radius 1 is 0.463 bits per heavy atom. The molecule has 9 nitrogen and oxygen atoms in total. The fraction of sp³-hybridized carbons (Fsp3) is 0.810. The number of carbonyl (C=O) groups excluding carboxylic acids is 3. The van der Waals surface area contributed by atoms with E-state index in [0.717, 1.165) is 70.6 Å². The molecule has 2 unspecified atom stereocenters. The lowest BCUT2D eigenvalue weighted by molar-refractivity contribution is -0.870. The van der Waals surface area contributed by atoms with Gasteiger partial charge in [-0.2, -0.15) is 0 Å². The number of carboxylic acid groups (broad SMARTS) is 1. The molecule has 0 aliphatic heterocycles. The number of allylic oxidation sites excluding steroid dienone is 8. The Labute approximate surface area is 412 Å². The lowest BCUT2D eigenvalue weighted by atomic mass is 10.0. The van der Waals surface area contributed by atoms with Crippen LogP contribution < -0.4 is 5.11 Å². The highest BCUT2D eigenvalue weighted by molar-refractivity contribution is 5.70. The standard InChI is InChI=1S/C58H105NO8/c1-6-8-10-12-14-16-18-20-22-24-25-26-27-28-29-30-31-33-34-36-38-40-42-44-46-48-55(60)65-52-54(53-66-58(57(62)63)64-51-50-59(3,4)5)67-56(61)49-47-45-43-41-39-37-35-32-23-21-19-17-15-13-11-9-7-2/h9,11,15,17,21,23,35,37,54,58H,6-8,10,12-14,16,18-20,22,24-34,36,38-53H2,1-5H3/b11-9-,17-15-,23-21-,37-35-. The molecule has 0 spiro atoms. The minimum atomic E-state index is -1.63. The van der Waals surface area contributed by atoms with Gasteiger partial charge in [-0.15, -0.1) is 0 Å². The Morgan fingerprint density at radius 3 is 1.27 bits per heavy atom. The fourth-order valence-corrected chi connectivity index (χ4v) is 7.82. The number of quaternary nitrogens is 1. The number of carboxylic acids is 1. The monoisotopic (exact) mass is 944 g/mol. The normalized spacial score (nSPS) is 13.1. The smallest absolute Gasteiger partial charge is 0.306 e. The van der Waals surface area contributed by atoms with E-state index in [4.69, 9.17) is 18.9 Å². The number of hydrogen-bond acceptors (Lipinski definition) is 8. The number of unbranched alkanes of at least 4 members (excludes halogenated alkanes) is 28. The summed E-state index contributed by atoms with van der Waals surface area (Å²) in [7, 11) is 5.91. The maximum Gasteiger partial charge on any atom is 0.306 e. The van der Waals surface area contributed by atoms with Gasteiger partial charge in [-0.05, 0) is 51.4 Å². The molecule has 0 amide bonds. The topological polar surface area (TPSA) is 111 Å². The van der Waals surface area contributed by atoms with E-state index in [1.807, 2.05) is 21.1 Å². The number of carbonyl (C=O) groups is 3. The molecule has 0 rings (SSSR count). The number of likely N-dealkylation sites (N-methyl/N-ethyl adjacent to an activating group) is 1. The van der Waals surface area contributed by atoms with Gasteiger partial charge in [-0.3, -0.25) is 9.59 Å². The summed E-state index contributed by atoms with van der Waals surface area (Å²) < 4.78 is 22.6. The zero-order chi connectivity index (χ0) is 49.2. The summed E-state index contributed by atoms with van der Waals surface area (Å²) in [6, 6.07) is 0. The highest BCUT2D eigenvalue weighted by atomic mass is 16.7. The number of hydrogen-bond donors (Lipinski definition) is 0. The maximum atomic E-state index is 12.8. The van der Waals surface area contributed by atoms with Crippen molar-refractivity contribution in [3.8, 4) is 0 Å². The summed E-state index contributed by atoms with van der Waals surface area (Å²) in [5.74, 6) is -2.31. The molecule has 0 bridgehead atoms. The van der Waals surface area contributed by atoms with Crippen molar-refractivity contribution in [3.05, 3.63) is 48.6 Å². The zero-order valence-electron chi connectivity index (χ0n) is 44.3. The lowest BCUT2D eigenvalue weighted by Crippen LogP contribution is -2.44. The Bertz CT molecular complexity index is 1240. The second-order valence-electron chi connectivity index (χ2n) is 19.9. The van der Waals surface area contributed by atoms with Gasteiger partial charge in [0.15, 0.2) is 12.4 Å². The van der Waals surface area contributed by atoms with Crippen LogP contribution in [0.1, 0.15) is 245 Å². The van der Waals surface area contributed by atoms with Gasteiger partial charge in [-0.25, -0.2) is 0 Å². The van der Waals surface area contributed by atoms with E-state index >= 15 is 0 Å². The van der Waals surface area contributed by atoms with Crippen LogP contribution in [0.5, 0.6) is 0 Å². The van der Waals surface area contributed by atoms with E-state index in [2.05, 4.69) is 62.5 Å². The first-order valence-corrected chi connectivity index (χ1v) is 27.8. The third kappa shape index (κ3) is 50.9. The molecule has 0 aromatic heterocycles. The van der Waals surface area contributed by atoms with Crippen molar-refractivity contribution in [2.24, 2.45) is 0 Å². The van der Waals surface area contributed by atoms with Crippen molar-refractivity contribution < 1.29 is 42.9 Å². The molecule has 0 saturated heterocycles. The van der Waals surface area contributed by atoms with Crippen LogP contribution in [-0.4, -0.2) is 82.3 Å². The first kappa shape index (κ1) is 64.2. The highest BCUT2D eigenvalue weighted by Crippen LogP contribution is 2.17. The van der Waals surface area contributed by atoms with E-state index in [1.54, 1.807) is 0 Å². The summed E-state index contributed by atoms with van der Waals surface area (Å²) >= 11 is 0. The number of aliphatic carboxylic acids is 1. The van der Waals surface area contributed by atoms with Crippen LogP contribution in [-0.2, 0) is 33.3 Å². The molecule has 0 saturated carbocycles. The average molecular weight is 944 g/mol. The third-order valence-corrected chi connectivity index (χ3v) is 12.1. The second-order valence-corrected chi connectivity index (χ2v) is 19.9. The van der Waals surface area contributed by atoms with E-state index in [1.165, 1.54) is 141 Å². The first-order chi connectivity index (χ1) is 32.6. The van der Waals surface area contributed by atoms with Gasteiger partial charge in [-0.1, -0.05) is 229 Å². The Kier molecular flexibility index (Phi) is 47.6. The van der Waals surface area contributed by atoms with Gasteiger partial charge in [0.25, 0.3) is 0 Å².